The molecule has 1 N–H and O–H groups in total. The number of benzene rings is 2. The highest BCUT2D eigenvalue weighted by molar-refractivity contribution is 9.10. The number of hydrogen-bond acceptors (Lipinski definition) is 4. The van der Waals surface area contributed by atoms with Gasteiger partial charge in [-0.1, -0.05) is 12.1 Å². The molecule has 0 aromatic heterocycles. The highest BCUT2D eigenvalue weighted by Gasteiger charge is 2.10. The molecule has 0 aliphatic rings. The summed E-state index contributed by atoms with van der Waals surface area (Å²) < 4.78 is 17.1. The largest absolute Gasteiger partial charge is 0.497 e. The Hall–Kier alpha value is -1.43. The van der Waals surface area contributed by atoms with Crippen molar-refractivity contribution in [3.05, 3.63) is 52.0 Å². The van der Waals surface area contributed by atoms with Gasteiger partial charge >= 0.3 is 0 Å². The fraction of sp³-hybridized carbons (Fsp3) is 0.368. The number of ether oxygens (including phenoxy) is 3. The van der Waals surface area contributed by atoms with E-state index in [2.05, 4.69) is 39.4 Å². The van der Waals surface area contributed by atoms with E-state index in [1.165, 1.54) is 5.56 Å². The molecular formula is C19H25BrClNO3. The third-order valence-corrected chi connectivity index (χ3v) is 4.24. The quantitative estimate of drug-likeness (QED) is 0.589. The lowest BCUT2D eigenvalue weighted by molar-refractivity contribution is 0.309. The van der Waals surface area contributed by atoms with Gasteiger partial charge < -0.3 is 19.5 Å². The molecule has 25 heavy (non-hydrogen) atoms. The summed E-state index contributed by atoms with van der Waals surface area (Å²) in [4.78, 5) is 0. The second-order valence-electron chi connectivity index (χ2n) is 5.32. The SMILES string of the molecule is CCOc1cc(CNCCc2ccc(OC)cc2)cc(Br)c1OC.Cl. The van der Waals surface area contributed by atoms with Crippen molar-refractivity contribution in [2.45, 2.75) is 19.9 Å². The van der Waals surface area contributed by atoms with Crippen LogP contribution in [0, 0.1) is 0 Å². The van der Waals surface area contributed by atoms with Crippen LogP contribution in [0.2, 0.25) is 0 Å². The van der Waals surface area contributed by atoms with Gasteiger partial charge in [0.2, 0.25) is 0 Å². The molecule has 0 radical (unpaired) electrons. The van der Waals surface area contributed by atoms with E-state index in [1.807, 2.05) is 25.1 Å². The maximum Gasteiger partial charge on any atom is 0.174 e. The van der Waals surface area contributed by atoms with Crippen molar-refractivity contribution in [2.75, 3.05) is 27.4 Å². The van der Waals surface area contributed by atoms with Gasteiger partial charge in [-0.25, -0.2) is 0 Å². The maximum atomic E-state index is 5.65. The fourth-order valence-electron chi connectivity index (χ4n) is 2.44. The summed E-state index contributed by atoms with van der Waals surface area (Å²) in [6, 6.07) is 12.2. The number of hydrogen-bond donors (Lipinski definition) is 1. The lowest BCUT2D eigenvalue weighted by Gasteiger charge is -2.13. The Morgan fingerprint density at radius 3 is 2.32 bits per heavy atom. The summed E-state index contributed by atoms with van der Waals surface area (Å²) >= 11 is 3.54. The van der Waals surface area contributed by atoms with Crippen LogP contribution in [-0.2, 0) is 13.0 Å². The molecule has 2 aromatic rings. The van der Waals surface area contributed by atoms with Crippen LogP contribution in [0.4, 0.5) is 0 Å². The standard InChI is InChI=1S/C19H24BrNO3.ClH/c1-4-24-18-12-15(11-17(20)19(18)23-3)13-21-10-9-14-5-7-16(22-2)8-6-14;/h5-8,11-12,21H,4,9-10,13H2,1-3H3;1H. The maximum absolute atomic E-state index is 5.65. The smallest absolute Gasteiger partial charge is 0.174 e. The molecule has 0 amide bonds. The minimum atomic E-state index is 0. The van der Waals surface area contributed by atoms with E-state index in [0.29, 0.717) is 6.61 Å². The van der Waals surface area contributed by atoms with Crippen LogP contribution in [0.5, 0.6) is 17.2 Å². The van der Waals surface area contributed by atoms with Gasteiger partial charge in [0, 0.05) is 6.54 Å². The van der Waals surface area contributed by atoms with Crippen LogP contribution in [0.3, 0.4) is 0 Å². The van der Waals surface area contributed by atoms with Gasteiger partial charge in [-0.05, 0) is 71.2 Å². The van der Waals surface area contributed by atoms with Crippen molar-refractivity contribution in [2.24, 2.45) is 0 Å². The van der Waals surface area contributed by atoms with Crippen molar-refractivity contribution < 1.29 is 14.2 Å². The van der Waals surface area contributed by atoms with E-state index in [-0.39, 0.29) is 12.4 Å². The topological polar surface area (TPSA) is 39.7 Å². The molecule has 0 bridgehead atoms. The van der Waals surface area contributed by atoms with Crippen molar-refractivity contribution in [1.82, 2.24) is 5.32 Å². The Bertz CT molecular complexity index is 650. The van der Waals surface area contributed by atoms with Crippen LogP contribution in [0.15, 0.2) is 40.9 Å². The zero-order valence-corrected chi connectivity index (χ0v) is 17.2. The van der Waals surface area contributed by atoms with Crippen LogP contribution in [0.25, 0.3) is 0 Å². The summed E-state index contributed by atoms with van der Waals surface area (Å²) in [5, 5.41) is 3.46. The van der Waals surface area contributed by atoms with E-state index >= 15 is 0 Å². The zero-order valence-electron chi connectivity index (χ0n) is 14.8. The van der Waals surface area contributed by atoms with Crippen LogP contribution < -0.4 is 19.5 Å². The molecular weight excluding hydrogens is 406 g/mol. The van der Waals surface area contributed by atoms with E-state index < -0.39 is 0 Å². The number of methoxy groups -OCH3 is 2. The molecule has 0 fully saturated rings. The first-order valence-corrected chi connectivity index (χ1v) is 8.80. The second-order valence-corrected chi connectivity index (χ2v) is 6.17. The molecule has 2 aromatic carbocycles. The zero-order chi connectivity index (χ0) is 17.4. The summed E-state index contributed by atoms with van der Waals surface area (Å²) in [6.45, 7) is 4.25. The first kappa shape index (κ1) is 21.6. The number of nitrogens with one attached hydrogen (secondary N) is 1. The summed E-state index contributed by atoms with van der Waals surface area (Å²) in [5.41, 5.74) is 2.44. The third kappa shape index (κ3) is 6.42. The van der Waals surface area contributed by atoms with Gasteiger partial charge in [-0.2, -0.15) is 0 Å². The Morgan fingerprint density at radius 2 is 1.72 bits per heavy atom. The Labute approximate surface area is 164 Å². The Morgan fingerprint density at radius 1 is 1.00 bits per heavy atom. The van der Waals surface area contributed by atoms with Gasteiger partial charge in [-0.15, -0.1) is 12.4 Å². The van der Waals surface area contributed by atoms with Gasteiger partial charge in [0.1, 0.15) is 5.75 Å². The molecule has 2 rings (SSSR count). The molecule has 0 saturated heterocycles. The predicted molar refractivity (Wildman–Crippen MR) is 108 cm³/mol. The minimum Gasteiger partial charge on any atom is -0.497 e. The molecule has 4 nitrogen and oxygen atoms in total. The van der Waals surface area contributed by atoms with E-state index in [1.54, 1.807) is 14.2 Å². The average molecular weight is 431 g/mol. The molecule has 0 spiro atoms. The highest BCUT2D eigenvalue weighted by atomic mass is 79.9. The predicted octanol–water partition coefficient (Wildman–Crippen LogP) is 4.62. The molecule has 6 heteroatoms. The number of halogens is 2. The van der Waals surface area contributed by atoms with E-state index in [0.717, 1.165) is 46.8 Å². The summed E-state index contributed by atoms with van der Waals surface area (Å²) in [6.07, 6.45) is 0.972. The first-order chi connectivity index (χ1) is 11.7. The third-order valence-electron chi connectivity index (χ3n) is 3.65. The normalized spacial score (nSPS) is 10.1. The molecule has 0 heterocycles. The van der Waals surface area contributed by atoms with Gasteiger partial charge in [0.25, 0.3) is 0 Å². The minimum absolute atomic E-state index is 0. The van der Waals surface area contributed by atoms with Gasteiger partial charge in [-0.3, -0.25) is 0 Å². The number of rotatable bonds is 9. The second kappa shape index (κ2) is 11.2. The molecule has 0 saturated carbocycles. The first-order valence-electron chi connectivity index (χ1n) is 8.00. The van der Waals surface area contributed by atoms with Crippen LogP contribution in [0.1, 0.15) is 18.1 Å². The van der Waals surface area contributed by atoms with Crippen molar-refractivity contribution in [3.63, 3.8) is 0 Å². The van der Waals surface area contributed by atoms with Crippen LogP contribution in [-0.4, -0.2) is 27.4 Å². The van der Waals surface area contributed by atoms with Gasteiger partial charge in [0.05, 0.1) is 25.3 Å². The molecule has 0 unspecified atom stereocenters. The average Bonchev–Trinajstić information content (AvgIpc) is 2.59. The van der Waals surface area contributed by atoms with E-state index in [9.17, 15) is 0 Å². The monoisotopic (exact) mass is 429 g/mol. The molecule has 0 aliphatic carbocycles. The summed E-state index contributed by atoms with van der Waals surface area (Å²) in [5.74, 6) is 2.39. The fourth-order valence-corrected chi connectivity index (χ4v) is 3.09. The summed E-state index contributed by atoms with van der Waals surface area (Å²) in [7, 11) is 3.33. The molecule has 0 aliphatic heterocycles. The lowest BCUT2D eigenvalue weighted by atomic mass is 10.1. The Kier molecular flexibility index (Phi) is 9.71. The molecule has 0 atom stereocenters. The van der Waals surface area contributed by atoms with Crippen LogP contribution >= 0.6 is 28.3 Å². The van der Waals surface area contributed by atoms with Gasteiger partial charge in [0.15, 0.2) is 11.5 Å². The van der Waals surface area contributed by atoms with Crippen molar-refractivity contribution >= 4 is 28.3 Å². The lowest BCUT2D eigenvalue weighted by Crippen LogP contribution is -2.16. The Balaban J connectivity index is 0.00000312. The van der Waals surface area contributed by atoms with Crippen molar-refractivity contribution in [3.8, 4) is 17.2 Å². The molecule has 138 valence electrons. The van der Waals surface area contributed by atoms with E-state index in [4.69, 9.17) is 14.2 Å². The highest BCUT2D eigenvalue weighted by Crippen LogP contribution is 2.36. The van der Waals surface area contributed by atoms with Crippen molar-refractivity contribution in [1.29, 1.82) is 0 Å².